The molecule has 0 amide bonds. The van der Waals surface area contributed by atoms with Gasteiger partial charge in [-0.25, -0.2) is 0 Å². The van der Waals surface area contributed by atoms with Crippen LogP contribution in [-0.2, 0) is 10.9 Å². The number of anilines is 1. The summed E-state index contributed by atoms with van der Waals surface area (Å²) in [6, 6.07) is 5.31. The summed E-state index contributed by atoms with van der Waals surface area (Å²) in [5, 5.41) is 19.2. The zero-order valence-electron chi connectivity index (χ0n) is 12.7. The highest BCUT2D eigenvalue weighted by Gasteiger charge is 2.38. The Morgan fingerprint density at radius 2 is 2.17 bits per heavy atom. The van der Waals surface area contributed by atoms with Gasteiger partial charge in [0.2, 0.25) is 0 Å². The Kier molecular flexibility index (Phi) is 4.15. The maximum atomic E-state index is 13.1. The first kappa shape index (κ1) is 16.3. The molecule has 2 heterocycles. The second kappa shape index (κ2) is 6.13. The van der Waals surface area contributed by atoms with Gasteiger partial charge in [0.15, 0.2) is 0 Å². The van der Waals surface area contributed by atoms with Crippen molar-refractivity contribution in [1.29, 1.82) is 5.26 Å². The number of nitrogens with one attached hydrogen (secondary N) is 1. The highest BCUT2D eigenvalue weighted by Crippen LogP contribution is 2.37. The molecule has 1 fully saturated rings. The molecule has 0 radical (unpaired) electrons. The van der Waals surface area contributed by atoms with Crippen LogP contribution in [0.15, 0.2) is 24.4 Å². The maximum Gasteiger partial charge on any atom is 0.417 e. The van der Waals surface area contributed by atoms with Gasteiger partial charge in [-0.05, 0) is 18.2 Å². The third-order valence-electron chi connectivity index (χ3n) is 4.18. The van der Waals surface area contributed by atoms with E-state index in [0.717, 1.165) is 6.07 Å². The zero-order valence-corrected chi connectivity index (χ0v) is 12.7. The number of hydrogen-bond acceptors (Lipinski definition) is 5. The summed E-state index contributed by atoms with van der Waals surface area (Å²) in [5.74, 6) is -0.0984. The van der Waals surface area contributed by atoms with Gasteiger partial charge in [0, 0.05) is 25.9 Å². The standard InChI is InChI=1S/C15H14F3N5O/c1-24-14-8-23(7-11(14)13-6-20-22-21-13)10-3-2-9(5-19)12(4-10)15(16,17)18/h2-4,6,11,14H,7-8H2,1H3,(H,20,21,22)/t11-,14+/m0/s1. The highest BCUT2D eigenvalue weighted by molar-refractivity contribution is 5.56. The number of ether oxygens (including phenoxy) is 1. The van der Waals surface area contributed by atoms with Crippen LogP contribution in [0.1, 0.15) is 22.7 Å². The summed E-state index contributed by atoms with van der Waals surface area (Å²) < 4.78 is 44.8. The van der Waals surface area contributed by atoms with Gasteiger partial charge in [-0.1, -0.05) is 0 Å². The first-order valence-corrected chi connectivity index (χ1v) is 7.18. The number of methoxy groups -OCH3 is 1. The molecule has 3 rings (SSSR count). The number of nitriles is 1. The summed E-state index contributed by atoms with van der Waals surface area (Å²) in [6.45, 7) is 0.880. The average Bonchev–Trinajstić information content (AvgIpc) is 3.22. The van der Waals surface area contributed by atoms with Crippen molar-refractivity contribution in [3.63, 3.8) is 0 Å². The predicted octanol–water partition coefficient (Wildman–Crippen LogP) is 2.31. The second-order valence-electron chi connectivity index (χ2n) is 5.52. The number of nitrogens with zero attached hydrogens (tertiary/aromatic N) is 4. The molecule has 1 aliphatic rings. The molecule has 1 aliphatic heterocycles. The van der Waals surface area contributed by atoms with Crippen LogP contribution in [0.4, 0.5) is 18.9 Å². The zero-order chi connectivity index (χ0) is 17.3. The van der Waals surface area contributed by atoms with Gasteiger partial charge in [-0.15, -0.1) is 0 Å². The van der Waals surface area contributed by atoms with E-state index in [-0.39, 0.29) is 17.6 Å². The van der Waals surface area contributed by atoms with Crippen LogP contribution >= 0.6 is 0 Å². The summed E-state index contributed by atoms with van der Waals surface area (Å²) in [7, 11) is 1.56. The fourth-order valence-corrected chi connectivity index (χ4v) is 2.96. The normalized spacial score (nSPS) is 21.0. The fraction of sp³-hybridized carbons (Fsp3) is 0.400. The second-order valence-corrected chi connectivity index (χ2v) is 5.52. The Bertz CT molecular complexity index is 753. The van der Waals surface area contributed by atoms with Crippen molar-refractivity contribution >= 4 is 5.69 Å². The van der Waals surface area contributed by atoms with Gasteiger partial charge in [-0.2, -0.15) is 33.8 Å². The maximum absolute atomic E-state index is 13.1. The molecule has 0 bridgehead atoms. The van der Waals surface area contributed by atoms with E-state index < -0.39 is 11.7 Å². The van der Waals surface area contributed by atoms with Crippen LogP contribution < -0.4 is 4.90 Å². The van der Waals surface area contributed by atoms with Crippen LogP contribution in [0.5, 0.6) is 0 Å². The van der Waals surface area contributed by atoms with Crippen LogP contribution in [0.2, 0.25) is 0 Å². The Morgan fingerprint density at radius 1 is 1.38 bits per heavy atom. The van der Waals surface area contributed by atoms with Crippen LogP contribution in [0, 0.1) is 11.3 Å². The van der Waals surface area contributed by atoms with Gasteiger partial charge in [0.25, 0.3) is 0 Å². The van der Waals surface area contributed by atoms with Crippen molar-refractivity contribution < 1.29 is 17.9 Å². The Hall–Kier alpha value is -2.60. The van der Waals surface area contributed by atoms with Crippen molar-refractivity contribution in [3.05, 3.63) is 41.2 Å². The molecule has 0 aliphatic carbocycles. The molecular weight excluding hydrogens is 323 g/mol. The lowest BCUT2D eigenvalue weighted by atomic mass is 10.0. The minimum atomic E-state index is -4.58. The van der Waals surface area contributed by atoms with Gasteiger partial charge in [-0.3, -0.25) is 0 Å². The summed E-state index contributed by atoms with van der Waals surface area (Å²) in [6.07, 6.45) is -3.20. The van der Waals surface area contributed by atoms with Crippen molar-refractivity contribution in [2.24, 2.45) is 0 Å². The van der Waals surface area contributed by atoms with Gasteiger partial charge in [0.05, 0.1) is 41.1 Å². The van der Waals surface area contributed by atoms with Gasteiger partial charge >= 0.3 is 6.18 Å². The van der Waals surface area contributed by atoms with Crippen molar-refractivity contribution in [2.45, 2.75) is 18.2 Å². The molecule has 1 N–H and O–H groups in total. The monoisotopic (exact) mass is 337 g/mol. The minimum absolute atomic E-state index is 0.0984. The fourth-order valence-electron chi connectivity index (χ4n) is 2.96. The van der Waals surface area contributed by atoms with Crippen molar-refractivity contribution in [3.8, 4) is 6.07 Å². The number of alkyl halides is 3. The molecule has 1 saturated heterocycles. The Balaban J connectivity index is 1.91. The van der Waals surface area contributed by atoms with E-state index in [4.69, 9.17) is 10.00 Å². The van der Waals surface area contributed by atoms with Crippen LogP contribution in [0.25, 0.3) is 0 Å². The largest absolute Gasteiger partial charge is 0.417 e. The summed E-state index contributed by atoms with van der Waals surface area (Å²) in [4.78, 5) is 1.80. The number of aromatic amines is 1. The predicted molar refractivity (Wildman–Crippen MR) is 78.3 cm³/mol. The van der Waals surface area contributed by atoms with Crippen molar-refractivity contribution in [1.82, 2.24) is 15.4 Å². The lowest BCUT2D eigenvalue weighted by Crippen LogP contribution is -2.23. The molecule has 126 valence electrons. The molecular formula is C15H14F3N5O. The topological polar surface area (TPSA) is 77.8 Å². The molecule has 1 aromatic heterocycles. The molecule has 0 spiro atoms. The van der Waals surface area contributed by atoms with E-state index in [1.165, 1.54) is 12.1 Å². The molecule has 2 atom stereocenters. The lowest BCUT2D eigenvalue weighted by molar-refractivity contribution is -0.137. The number of rotatable bonds is 3. The molecule has 0 saturated carbocycles. The van der Waals surface area contributed by atoms with E-state index in [1.54, 1.807) is 24.3 Å². The Morgan fingerprint density at radius 3 is 2.75 bits per heavy atom. The van der Waals surface area contributed by atoms with Crippen LogP contribution in [0.3, 0.4) is 0 Å². The average molecular weight is 337 g/mol. The van der Waals surface area contributed by atoms with E-state index in [9.17, 15) is 13.2 Å². The number of benzene rings is 1. The number of H-pyrrole nitrogens is 1. The quantitative estimate of drug-likeness (QED) is 0.930. The number of halogens is 3. The van der Waals surface area contributed by atoms with E-state index in [2.05, 4.69) is 15.4 Å². The van der Waals surface area contributed by atoms with Gasteiger partial charge < -0.3 is 9.64 Å². The van der Waals surface area contributed by atoms with E-state index in [1.807, 2.05) is 0 Å². The number of hydrogen-bond donors (Lipinski definition) is 1. The molecule has 9 heteroatoms. The van der Waals surface area contributed by atoms with Crippen LogP contribution in [-0.4, -0.2) is 41.7 Å². The third-order valence-corrected chi connectivity index (χ3v) is 4.18. The molecule has 1 aromatic carbocycles. The van der Waals surface area contributed by atoms with E-state index >= 15 is 0 Å². The molecule has 2 aromatic rings. The number of aromatic nitrogens is 3. The molecule has 6 nitrogen and oxygen atoms in total. The molecule has 0 unspecified atom stereocenters. The minimum Gasteiger partial charge on any atom is -0.379 e. The first-order chi connectivity index (χ1) is 11.4. The van der Waals surface area contributed by atoms with Crippen molar-refractivity contribution in [2.75, 3.05) is 25.1 Å². The first-order valence-electron chi connectivity index (χ1n) is 7.18. The lowest BCUT2D eigenvalue weighted by Gasteiger charge is -2.20. The molecule has 24 heavy (non-hydrogen) atoms. The summed E-state index contributed by atoms with van der Waals surface area (Å²) in [5.41, 5.74) is -0.216. The van der Waals surface area contributed by atoms with E-state index in [0.29, 0.717) is 24.5 Å². The highest BCUT2D eigenvalue weighted by atomic mass is 19.4. The van der Waals surface area contributed by atoms with Gasteiger partial charge in [0.1, 0.15) is 0 Å². The SMILES string of the molecule is CO[C@@H]1CN(c2ccc(C#N)c(C(F)(F)F)c2)C[C@H]1c1cn[nH]n1. The third kappa shape index (κ3) is 2.92. The Labute approximate surface area is 135 Å². The smallest absolute Gasteiger partial charge is 0.379 e. The summed E-state index contributed by atoms with van der Waals surface area (Å²) >= 11 is 0.